The predicted molar refractivity (Wildman–Crippen MR) is 113 cm³/mol. The average molecular weight is 370 g/mol. The molecule has 0 aliphatic heterocycles. The zero-order valence-electron chi connectivity index (χ0n) is 17.6. The Hall–Kier alpha value is -1.84. The molecule has 0 fully saturated rings. The molecule has 2 N–H and O–H groups in total. The number of nitrogens with zero attached hydrogens (tertiary/aromatic N) is 1. The number of phenolic OH excluding ortho intramolecular Hbond substituents is 1. The molecule has 0 spiro atoms. The summed E-state index contributed by atoms with van der Waals surface area (Å²) in [6, 6.07) is 15.4. The minimum Gasteiger partial charge on any atom is -0.508 e. The third kappa shape index (κ3) is 4.91. The topological polar surface area (TPSA) is 43.7 Å². The van der Waals surface area contributed by atoms with Crippen molar-refractivity contribution in [2.45, 2.75) is 78.6 Å². The molecular formula is C24H35NO2. The van der Waals surface area contributed by atoms with Crippen LogP contribution >= 0.6 is 0 Å². The largest absolute Gasteiger partial charge is 0.508 e. The Morgan fingerprint density at radius 2 is 1.52 bits per heavy atom. The van der Waals surface area contributed by atoms with Crippen molar-refractivity contribution in [3.05, 3.63) is 64.7 Å². The Bertz CT molecular complexity index is 731. The molecule has 3 heteroatoms. The Morgan fingerprint density at radius 1 is 0.889 bits per heavy atom. The molecule has 0 bridgehead atoms. The molecule has 0 heterocycles. The van der Waals surface area contributed by atoms with Gasteiger partial charge >= 0.3 is 0 Å². The third-order valence-corrected chi connectivity index (χ3v) is 5.49. The highest BCUT2D eigenvalue weighted by molar-refractivity contribution is 5.44. The van der Waals surface area contributed by atoms with E-state index in [1.807, 2.05) is 6.07 Å². The van der Waals surface area contributed by atoms with Crippen molar-refractivity contribution in [2.75, 3.05) is 0 Å². The molecule has 0 saturated carbocycles. The van der Waals surface area contributed by atoms with Crippen LogP contribution in [0.3, 0.4) is 0 Å². The smallest absolute Gasteiger partial charge is 0.119 e. The molecular weight excluding hydrogens is 334 g/mol. The zero-order valence-corrected chi connectivity index (χ0v) is 17.6. The fraction of sp³-hybridized carbons (Fsp3) is 0.500. The van der Waals surface area contributed by atoms with Crippen LogP contribution in [0.4, 0.5) is 0 Å². The Kier molecular flexibility index (Phi) is 7.46. The Balaban J connectivity index is 2.43. The fourth-order valence-corrected chi connectivity index (χ4v) is 4.32. The minimum absolute atomic E-state index is 0.0154. The van der Waals surface area contributed by atoms with Crippen LogP contribution in [0.15, 0.2) is 42.5 Å². The molecule has 3 nitrogen and oxygen atoms in total. The van der Waals surface area contributed by atoms with Gasteiger partial charge in [-0.15, -0.1) is 0 Å². The van der Waals surface area contributed by atoms with E-state index in [0.29, 0.717) is 23.9 Å². The second kappa shape index (κ2) is 9.38. The third-order valence-electron chi connectivity index (χ3n) is 5.49. The molecule has 2 atom stereocenters. The van der Waals surface area contributed by atoms with Gasteiger partial charge in [0.2, 0.25) is 0 Å². The molecule has 0 saturated heterocycles. The molecule has 0 aliphatic carbocycles. The van der Waals surface area contributed by atoms with E-state index < -0.39 is 0 Å². The van der Waals surface area contributed by atoms with Gasteiger partial charge < -0.3 is 10.2 Å². The lowest BCUT2D eigenvalue weighted by atomic mass is 9.86. The van der Waals surface area contributed by atoms with Crippen molar-refractivity contribution < 1.29 is 10.2 Å². The zero-order chi connectivity index (χ0) is 20.1. The van der Waals surface area contributed by atoms with Crippen molar-refractivity contribution >= 4 is 0 Å². The first-order valence-corrected chi connectivity index (χ1v) is 10.1. The minimum atomic E-state index is -0.0154. The van der Waals surface area contributed by atoms with E-state index in [2.05, 4.69) is 70.7 Å². The fourth-order valence-electron chi connectivity index (χ4n) is 4.32. The number of benzene rings is 2. The average Bonchev–Trinajstić information content (AvgIpc) is 2.63. The van der Waals surface area contributed by atoms with Crippen molar-refractivity contribution in [1.29, 1.82) is 0 Å². The maximum absolute atomic E-state index is 10.4. The summed E-state index contributed by atoms with van der Waals surface area (Å²) in [7, 11) is 0. The van der Waals surface area contributed by atoms with Crippen LogP contribution in [-0.2, 0) is 6.61 Å². The van der Waals surface area contributed by atoms with E-state index in [1.54, 1.807) is 12.1 Å². The van der Waals surface area contributed by atoms with Crippen molar-refractivity contribution in [3.8, 4) is 5.75 Å². The highest BCUT2D eigenvalue weighted by atomic mass is 16.3. The van der Waals surface area contributed by atoms with Gasteiger partial charge in [-0.2, -0.15) is 0 Å². The molecule has 2 aromatic rings. The highest BCUT2D eigenvalue weighted by Gasteiger charge is 2.23. The molecule has 0 aliphatic rings. The van der Waals surface area contributed by atoms with Gasteiger partial charge in [0, 0.05) is 29.6 Å². The Morgan fingerprint density at radius 3 is 2.07 bits per heavy atom. The van der Waals surface area contributed by atoms with Gasteiger partial charge in [-0.3, -0.25) is 4.90 Å². The van der Waals surface area contributed by atoms with E-state index in [9.17, 15) is 10.2 Å². The summed E-state index contributed by atoms with van der Waals surface area (Å²) in [6.07, 6.45) is 0.887. The Labute approximate surface area is 164 Å². The molecule has 2 aromatic carbocycles. The van der Waals surface area contributed by atoms with E-state index in [-0.39, 0.29) is 12.5 Å². The van der Waals surface area contributed by atoms with Gasteiger partial charge in [-0.1, -0.05) is 37.3 Å². The predicted octanol–water partition coefficient (Wildman–Crippen LogP) is 5.61. The molecule has 2 rings (SSSR count). The standard InChI is InChI=1S/C24H35NO2/c1-7-22(23-13-19(15-26)11-12-24(23)27)21-10-8-9-20(14-21)18(6)25(16(2)3)17(4)5/h8-14,16-18,22,26-27H,7,15H2,1-6H3/t18?,22-/m1/s1. The lowest BCUT2D eigenvalue weighted by molar-refractivity contribution is 0.123. The molecule has 148 valence electrons. The van der Waals surface area contributed by atoms with Crippen LogP contribution < -0.4 is 0 Å². The van der Waals surface area contributed by atoms with Gasteiger partial charge in [-0.05, 0) is 69.9 Å². The first-order chi connectivity index (χ1) is 12.8. The molecule has 27 heavy (non-hydrogen) atoms. The van der Waals surface area contributed by atoms with Gasteiger partial charge in [-0.25, -0.2) is 0 Å². The van der Waals surface area contributed by atoms with Crippen LogP contribution in [-0.4, -0.2) is 27.2 Å². The lowest BCUT2D eigenvalue weighted by Gasteiger charge is -2.37. The summed E-state index contributed by atoms with van der Waals surface area (Å²) in [5, 5.41) is 19.9. The summed E-state index contributed by atoms with van der Waals surface area (Å²) in [5.74, 6) is 0.402. The lowest BCUT2D eigenvalue weighted by Crippen LogP contribution is -2.39. The quantitative estimate of drug-likeness (QED) is 0.636. The summed E-state index contributed by atoms with van der Waals surface area (Å²) < 4.78 is 0. The van der Waals surface area contributed by atoms with Crippen molar-refractivity contribution in [3.63, 3.8) is 0 Å². The molecule has 1 unspecified atom stereocenters. The van der Waals surface area contributed by atoms with Gasteiger partial charge in [0.1, 0.15) is 5.75 Å². The monoisotopic (exact) mass is 369 g/mol. The maximum Gasteiger partial charge on any atom is 0.119 e. The van der Waals surface area contributed by atoms with Crippen LogP contribution in [0.5, 0.6) is 5.75 Å². The van der Waals surface area contributed by atoms with Crippen molar-refractivity contribution in [1.82, 2.24) is 4.90 Å². The second-order valence-electron chi connectivity index (χ2n) is 7.99. The van der Waals surface area contributed by atoms with E-state index in [4.69, 9.17) is 0 Å². The number of aliphatic hydroxyl groups is 1. The number of phenols is 1. The summed E-state index contributed by atoms with van der Waals surface area (Å²) in [4.78, 5) is 2.52. The van der Waals surface area contributed by atoms with E-state index >= 15 is 0 Å². The highest BCUT2D eigenvalue weighted by Crippen LogP contribution is 2.36. The summed E-state index contributed by atoms with van der Waals surface area (Å²) in [5.41, 5.74) is 4.22. The number of rotatable bonds is 8. The normalized spacial score (nSPS) is 14.1. The van der Waals surface area contributed by atoms with Crippen molar-refractivity contribution in [2.24, 2.45) is 0 Å². The first-order valence-electron chi connectivity index (χ1n) is 10.1. The van der Waals surface area contributed by atoms with Crippen LogP contribution in [0.25, 0.3) is 0 Å². The molecule has 0 aromatic heterocycles. The summed E-state index contributed by atoms with van der Waals surface area (Å²) >= 11 is 0. The number of aromatic hydroxyl groups is 1. The van der Waals surface area contributed by atoms with Crippen LogP contribution in [0, 0.1) is 0 Å². The SMILES string of the molecule is CC[C@H](c1cccc(C(C)N(C(C)C)C(C)C)c1)c1cc(CO)ccc1O. The summed E-state index contributed by atoms with van der Waals surface area (Å²) in [6.45, 7) is 13.4. The van der Waals surface area contributed by atoms with Gasteiger partial charge in [0.15, 0.2) is 0 Å². The number of aliphatic hydroxyl groups excluding tert-OH is 1. The molecule has 0 amide bonds. The number of hydrogen-bond donors (Lipinski definition) is 2. The maximum atomic E-state index is 10.4. The molecule has 0 radical (unpaired) electrons. The van der Waals surface area contributed by atoms with E-state index in [0.717, 1.165) is 17.5 Å². The van der Waals surface area contributed by atoms with Crippen LogP contribution in [0.1, 0.15) is 82.2 Å². The second-order valence-corrected chi connectivity index (χ2v) is 7.99. The first kappa shape index (κ1) is 21.5. The van der Waals surface area contributed by atoms with Gasteiger partial charge in [0.05, 0.1) is 6.61 Å². The number of hydrogen-bond acceptors (Lipinski definition) is 3. The van der Waals surface area contributed by atoms with E-state index in [1.165, 1.54) is 11.1 Å². The van der Waals surface area contributed by atoms with Gasteiger partial charge in [0.25, 0.3) is 0 Å². The van der Waals surface area contributed by atoms with Crippen LogP contribution in [0.2, 0.25) is 0 Å².